The number of hydrogen-bond donors (Lipinski definition) is 0. The fourth-order valence-electron chi connectivity index (χ4n) is 5.59. The minimum Gasteiger partial charge on any atom is -0.468 e. The highest BCUT2D eigenvalue weighted by molar-refractivity contribution is 6.57. The van der Waals surface area contributed by atoms with Crippen molar-refractivity contribution in [1.29, 1.82) is 0 Å². The molecule has 198 valence electrons. The Morgan fingerprint density at radius 1 is 1.11 bits per heavy atom. The van der Waals surface area contributed by atoms with Crippen LogP contribution >= 0.6 is 11.6 Å². The van der Waals surface area contributed by atoms with Gasteiger partial charge in [0, 0.05) is 32.6 Å². The highest BCUT2D eigenvalue weighted by atomic mass is 35.5. The zero-order valence-electron chi connectivity index (χ0n) is 21.3. The zero-order valence-corrected chi connectivity index (χ0v) is 22.1. The van der Waals surface area contributed by atoms with Crippen LogP contribution in [0.5, 0.6) is 0 Å². The topological polar surface area (TPSA) is 88.9 Å². The monoisotopic (exact) mass is 539 g/mol. The first-order chi connectivity index (χ1) is 18.1. The molecular formula is C28H27ClFN3O5. The van der Waals surface area contributed by atoms with Gasteiger partial charge in [0.05, 0.1) is 34.5 Å². The first kappa shape index (κ1) is 25.9. The van der Waals surface area contributed by atoms with Gasteiger partial charge >= 0.3 is 5.97 Å². The summed E-state index contributed by atoms with van der Waals surface area (Å²) in [6, 6.07) is 7.99. The number of ether oxygens (including phenoxy) is 1. The molecule has 1 aliphatic carbocycles. The van der Waals surface area contributed by atoms with Crippen molar-refractivity contribution in [3.05, 3.63) is 63.6 Å². The van der Waals surface area contributed by atoms with Crippen molar-refractivity contribution in [3.8, 4) is 0 Å². The molecule has 8 nitrogen and oxygen atoms in total. The number of aromatic nitrogens is 1. The number of carbonyl (C=O) groups is 4. The number of benzene rings is 2. The number of piperidine rings is 1. The molecule has 1 aromatic heterocycles. The molecule has 0 atom stereocenters. The molecule has 0 saturated carbocycles. The second-order valence-electron chi connectivity index (χ2n) is 9.98. The standard InChI is InChI=1S/C28H27ClFN3O5/c1-31(2)24-22-19-13-18(29)21(23(22)26(35)27(36)25(24)33(19)14-20(34)38-3)28(37)32-10-8-16(9-11-32)12-15-4-6-17(30)7-5-15/h4-7,13,16H,8-12,14H2,1-3H3. The number of halogens is 2. The van der Waals surface area contributed by atoms with Gasteiger partial charge in [-0.3, -0.25) is 19.2 Å². The highest BCUT2D eigenvalue weighted by Gasteiger charge is 2.42. The van der Waals surface area contributed by atoms with Crippen LogP contribution in [0, 0.1) is 11.7 Å². The normalized spacial score (nSPS) is 15.4. The summed E-state index contributed by atoms with van der Waals surface area (Å²) >= 11 is 6.63. The average molecular weight is 540 g/mol. The van der Waals surface area contributed by atoms with Gasteiger partial charge in [-0.25, -0.2) is 4.39 Å². The van der Waals surface area contributed by atoms with Gasteiger partial charge in [0.15, 0.2) is 0 Å². The van der Waals surface area contributed by atoms with E-state index < -0.39 is 23.4 Å². The van der Waals surface area contributed by atoms with Gasteiger partial charge in [0.25, 0.3) is 11.7 Å². The molecule has 2 aliphatic rings. The molecule has 1 saturated heterocycles. The van der Waals surface area contributed by atoms with E-state index in [0.29, 0.717) is 35.6 Å². The van der Waals surface area contributed by atoms with Gasteiger partial charge in [-0.1, -0.05) is 23.7 Å². The van der Waals surface area contributed by atoms with Crippen molar-refractivity contribution in [2.24, 2.45) is 5.92 Å². The van der Waals surface area contributed by atoms with E-state index in [4.69, 9.17) is 16.3 Å². The van der Waals surface area contributed by atoms with Gasteiger partial charge in [0.2, 0.25) is 5.78 Å². The number of rotatable bonds is 6. The van der Waals surface area contributed by atoms with Crippen molar-refractivity contribution in [2.45, 2.75) is 25.8 Å². The highest BCUT2D eigenvalue weighted by Crippen LogP contribution is 2.44. The molecule has 5 rings (SSSR count). The van der Waals surface area contributed by atoms with E-state index in [1.807, 2.05) is 0 Å². The molecular weight excluding hydrogens is 513 g/mol. The van der Waals surface area contributed by atoms with Gasteiger partial charge in [-0.15, -0.1) is 0 Å². The van der Waals surface area contributed by atoms with Gasteiger partial charge in [0.1, 0.15) is 18.1 Å². The predicted octanol–water partition coefficient (Wildman–Crippen LogP) is 4.15. The Hall–Kier alpha value is -3.72. The first-order valence-corrected chi connectivity index (χ1v) is 12.8. The van der Waals surface area contributed by atoms with Gasteiger partial charge < -0.3 is 19.1 Å². The van der Waals surface area contributed by atoms with E-state index >= 15 is 0 Å². The van der Waals surface area contributed by atoms with Crippen molar-refractivity contribution < 1.29 is 28.3 Å². The Bertz CT molecular complexity index is 1490. The lowest BCUT2D eigenvalue weighted by atomic mass is 9.88. The van der Waals surface area contributed by atoms with E-state index in [2.05, 4.69) is 0 Å². The van der Waals surface area contributed by atoms with Crippen LogP contribution < -0.4 is 4.90 Å². The number of fused-ring (bicyclic) bond motifs is 1. The largest absolute Gasteiger partial charge is 0.468 e. The summed E-state index contributed by atoms with van der Waals surface area (Å²) in [5.74, 6) is -2.54. The summed E-state index contributed by atoms with van der Waals surface area (Å²) in [6.45, 7) is 0.658. The molecule has 2 bridgehead atoms. The SMILES string of the molecule is COC(=O)Cn1c2c(N(C)C)c3c(c(C(=O)N4CCC(Cc5ccc(F)cc5)CC4)c(Cl)cc31)C(=O)C2=O. The number of Topliss-reactive ketones (excluding diaryl/α,β-unsaturated/α-hetero) is 2. The molecule has 1 amide bonds. The molecule has 2 aromatic carbocycles. The van der Waals surface area contributed by atoms with E-state index in [9.17, 15) is 23.6 Å². The number of likely N-dealkylation sites (tertiary alicyclic amines) is 1. The molecule has 0 radical (unpaired) electrons. The number of ketones is 2. The minimum atomic E-state index is -0.814. The second kappa shape index (κ2) is 9.87. The summed E-state index contributed by atoms with van der Waals surface area (Å²) in [4.78, 5) is 55.9. The number of esters is 1. The number of carbonyl (C=O) groups excluding carboxylic acids is 4. The summed E-state index contributed by atoms with van der Waals surface area (Å²) < 4.78 is 19.5. The summed E-state index contributed by atoms with van der Waals surface area (Å²) in [7, 11) is 4.70. The van der Waals surface area contributed by atoms with Crippen LogP contribution in [0.15, 0.2) is 30.3 Å². The smallest absolute Gasteiger partial charge is 0.325 e. The molecule has 1 fully saturated rings. The van der Waals surface area contributed by atoms with E-state index in [-0.39, 0.29) is 34.2 Å². The maximum absolute atomic E-state index is 13.8. The fourth-order valence-corrected chi connectivity index (χ4v) is 5.87. The zero-order chi connectivity index (χ0) is 27.3. The summed E-state index contributed by atoms with van der Waals surface area (Å²) in [5, 5.41) is 0.479. The third-order valence-corrected chi connectivity index (χ3v) is 7.74. The number of methoxy groups -OCH3 is 1. The quantitative estimate of drug-likeness (QED) is 0.345. The number of hydrogen-bond acceptors (Lipinski definition) is 6. The van der Waals surface area contributed by atoms with Gasteiger partial charge in [-0.05, 0) is 48.9 Å². The van der Waals surface area contributed by atoms with E-state index in [1.165, 1.54) is 23.8 Å². The molecule has 0 N–H and O–H groups in total. The summed E-state index contributed by atoms with van der Waals surface area (Å²) in [5.41, 5.74) is 2.00. The molecule has 1 aliphatic heterocycles. The maximum Gasteiger partial charge on any atom is 0.325 e. The molecule has 3 aromatic rings. The lowest BCUT2D eigenvalue weighted by Gasteiger charge is -2.33. The van der Waals surface area contributed by atoms with Crippen LogP contribution in [0.25, 0.3) is 10.9 Å². The number of amides is 1. The Morgan fingerprint density at radius 2 is 1.76 bits per heavy atom. The van der Waals surface area contributed by atoms with Crippen molar-refractivity contribution in [3.63, 3.8) is 0 Å². The van der Waals surface area contributed by atoms with E-state index in [1.54, 1.807) is 42.1 Å². The Labute approximate surface area is 223 Å². The molecule has 0 unspecified atom stereocenters. The van der Waals surface area contributed by atoms with Crippen molar-refractivity contribution in [2.75, 3.05) is 39.2 Å². The summed E-state index contributed by atoms with van der Waals surface area (Å²) in [6.07, 6.45) is 2.28. The first-order valence-electron chi connectivity index (χ1n) is 12.4. The molecule has 38 heavy (non-hydrogen) atoms. The number of nitrogens with zero attached hydrogens (tertiary/aromatic N) is 3. The van der Waals surface area contributed by atoms with Crippen LogP contribution in [-0.4, -0.2) is 67.2 Å². The fraction of sp³-hybridized carbons (Fsp3) is 0.357. The predicted molar refractivity (Wildman–Crippen MR) is 141 cm³/mol. The van der Waals surface area contributed by atoms with Crippen LogP contribution in [-0.2, 0) is 22.5 Å². The Kier molecular flexibility index (Phi) is 6.73. The Balaban J connectivity index is 1.50. The van der Waals surface area contributed by atoms with Crippen LogP contribution in [0.4, 0.5) is 10.1 Å². The Morgan fingerprint density at radius 3 is 2.37 bits per heavy atom. The molecule has 10 heteroatoms. The van der Waals surface area contributed by atoms with E-state index in [0.717, 1.165) is 24.8 Å². The minimum absolute atomic E-state index is 0.0130. The third-order valence-electron chi connectivity index (χ3n) is 7.44. The van der Waals surface area contributed by atoms with Crippen LogP contribution in [0.2, 0.25) is 5.02 Å². The second-order valence-corrected chi connectivity index (χ2v) is 10.4. The van der Waals surface area contributed by atoms with Gasteiger partial charge in [-0.2, -0.15) is 0 Å². The number of anilines is 1. The van der Waals surface area contributed by atoms with Crippen molar-refractivity contribution in [1.82, 2.24) is 9.47 Å². The van der Waals surface area contributed by atoms with Crippen molar-refractivity contribution >= 4 is 51.6 Å². The van der Waals surface area contributed by atoms with Crippen LogP contribution in [0.3, 0.4) is 0 Å². The van der Waals surface area contributed by atoms with Crippen LogP contribution in [0.1, 0.15) is 49.6 Å². The third kappa shape index (κ3) is 4.24. The molecule has 0 spiro atoms. The lowest BCUT2D eigenvalue weighted by Crippen LogP contribution is -2.40. The average Bonchev–Trinajstić information content (AvgIpc) is 3.19. The molecule has 2 heterocycles. The maximum atomic E-state index is 13.8. The lowest BCUT2D eigenvalue weighted by molar-refractivity contribution is -0.141.